The summed E-state index contributed by atoms with van der Waals surface area (Å²) in [7, 11) is 0. The van der Waals surface area contributed by atoms with Crippen molar-refractivity contribution in [2.75, 3.05) is 6.54 Å². The highest BCUT2D eigenvalue weighted by Gasteiger charge is 2.09. The predicted octanol–water partition coefficient (Wildman–Crippen LogP) is 2.87. The van der Waals surface area contributed by atoms with Gasteiger partial charge in [0.15, 0.2) is 0 Å². The van der Waals surface area contributed by atoms with Gasteiger partial charge in [0.1, 0.15) is 0 Å². The van der Waals surface area contributed by atoms with E-state index in [0.29, 0.717) is 11.6 Å². The molecule has 80 valence electrons. The Hall–Kier alpha value is 0.200. The molecule has 14 heavy (non-hydrogen) atoms. The van der Waals surface area contributed by atoms with Crippen molar-refractivity contribution in [2.45, 2.75) is 12.5 Å². The van der Waals surface area contributed by atoms with Crippen LogP contribution in [0.4, 0.5) is 0 Å². The Labute approximate surface area is 104 Å². The normalized spacial score (nSPS) is 12.0. The molecule has 0 radical (unpaired) electrons. The molecular weight excluding hydrogens is 287 g/mol. The molecule has 1 rings (SSSR count). The highest BCUT2D eigenvalue weighted by atomic mass is 79.9. The van der Waals surface area contributed by atoms with E-state index in [2.05, 4.69) is 15.9 Å². The van der Waals surface area contributed by atoms with Gasteiger partial charge in [0.2, 0.25) is 0 Å². The molecule has 0 aromatic heterocycles. The van der Waals surface area contributed by atoms with Crippen molar-refractivity contribution in [1.82, 2.24) is 0 Å². The van der Waals surface area contributed by atoms with Crippen LogP contribution in [0.3, 0.4) is 0 Å². The van der Waals surface area contributed by atoms with Crippen LogP contribution in [0.2, 0.25) is 5.02 Å². The quantitative estimate of drug-likeness (QED) is 0.902. The van der Waals surface area contributed by atoms with E-state index in [0.717, 1.165) is 16.5 Å². The van der Waals surface area contributed by atoms with Gasteiger partial charge in [-0.05, 0) is 36.7 Å². The summed E-state index contributed by atoms with van der Waals surface area (Å²) in [5.74, 6) is 0. The Morgan fingerprint density at radius 2 is 2.07 bits per heavy atom. The summed E-state index contributed by atoms with van der Waals surface area (Å²) in [6.07, 6.45) is 0.746. The van der Waals surface area contributed by atoms with Gasteiger partial charge in [0, 0.05) is 15.5 Å². The van der Waals surface area contributed by atoms with Crippen LogP contribution in [0.5, 0.6) is 0 Å². The monoisotopic (exact) mass is 298 g/mol. The summed E-state index contributed by atoms with van der Waals surface area (Å²) < 4.78 is 0.986. The minimum atomic E-state index is -0.0741. The van der Waals surface area contributed by atoms with E-state index in [4.69, 9.17) is 23.1 Å². The number of halogens is 3. The van der Waals surface area contributed by atoms with Crippen LogP contribution >= 0.6 is 39.9 Å². The van der Waals surface area contributed by atoms with Gasteiger partial charge in [-0.3, -0.25) is 0 Å². The third-order valence-corrected chi connectivity index (χ3v) is 2.67. The van der Waals surface area contributed by atoms with Crippen molar-refractivity contribution in [3.05, 3.63) is 33.3 Å². The molecular formula is C9H13BrCl2N2. The molecule has 1 aromatic carbocycles. The average molecular weight is 300 g/mol. The van der Waals surface area contributed by atoms with Crippen molar-refractivity contribution in [3.63, 3.8) is 0 Å². The Morgan fingerprint density at radius 1 is 1.43 bits per heavy atom. The fraction of sp³-hybridized carbons (Fsp3) is 0.333. The van der Waals surface area contributed by atoms with Gasteiger partial charge in [0.05, 0.1) is 0 Å². The van der Waals surface area contributed by atoms with Crippen LogP contribution in [0.1, 0.15) is 18.0 Å². The first-order valence-corrected chi connectivity index (χ1v) is 5.23. The molecule has 0 heterocycles. The first-order chi connectivity index (χ1) is 6.15. The van der Waals surface area contributed by atoms with E-state index >= 15 is 0 Å². The number of benzene rings is 1. The second-order valence-corrected chi connectivity index (χ2v) is 4.17. The molecule has 0 bridgehead atoms. The molecule has 1 atom stereocenters. The molecule has 0 saturated carbocycles. The summed E-state index contributed by atoms with van der Waals surface area (Å²) in [4.78, 5) is 0. The fourth-order valence-corrected chi connectivity index (χ4v) is 1.77. The predicted molar refractivity (Wildman–Crippen MR) is 67.0 cm³/mol. The lowest BCUT2D eigenvalue weighted by molar-refractivity contribution is 0.661. The largest absolute Gasteiger partial charge is 0.330 e. The van der Waals surface area contributed by atoms with Gasteiger partial charge in [-0.25, -0.2) is 0 Å². The van der Waals surface area contributed by atoms with E-state index in [-0.39, 0.29) is 18.4 Å². The topological polar surface area (TPSA) is 52.0 Å². The van der Waals surface area contributed by atoms with Gasteiger partial charge >= 0.3 is 0 Å². The Kier molecular flexibility index (Phi) is 6.74. The Morgan fingerprint density at radius 3 is 2.64 bits per heavy atom. The SMILES string of the molecule is Cl.NCC[C@H](N)c1cc(Br)ccc1Cl. The third kappa shape index (κ3) is 3.75. The second-order valence-electron chi connectivity index (χ2n) is 2.85. The molecule has 0 aliphatic rings. The lowest BCUT2D eigenvalue weighted by atomic mass is 10.1. The minimum absolute atomic E-state index is 0. The summed E-state index contributed by atoms with van der Waals surface area (Å²) in [6.45, 7) is 0.573. The van der Waals surface area contributed by atoms with E-state index in [9.17, 15) is 0 Å². The van der Waals surface area contributed by atoms with E-state index in [1.54, 1.807) is 0 Å². The van der Waals surface area contributed by atoms with E-state index < -0.39 is 0 Å². The van der Waals surface area contributed by atoms with Crippen molar-refractivity contribution in [2.24, 2.45) is 11.5 Å². The van der Waals surface area contributed by atoms with Crippen LogP contribution in [0, 0.1) is 0 Å². The van der Waals surface area contributed by atoms with Gasteiger partial charge < -0.3 is 11.5 Å². The zero-order chi connectivity index (χ0) is 9.84. The molecule has 0 aliphatic carbocycles. The average Bonchev–Trinajstić information content (AvgIpc) is 2.09. The second kappa shape index (κ2) is 6.64. The zero-order valence-electron chi connectivity index (χ0n) is 7.54. The van der Waals surface area contributed by atoms with E-state index in [1.807, 2.05) is 18.2 Å². The lowest BCUT2D eigenvalue weighted by Gasteiger charge is -2.12. The first-order valence-electron chi connectivity index (χ1n) is 4.05. The fourth-order valence-electron chi connectivity index (χ4n) is 1.13. The molecule has 5 heteroatoms. The third-order valence-electron chi connectivity index (χ3n) is 1.84. The lowest BCUT2D eigenvalue weighted by Crippen LogP contribution is -2.15. The van der Waals surface area contributed by atoms with Crippen LogP contribution in [-0.4, -0.2) is 6.54 Å². The van der Waals surface area contributed by atoms with Gasteiger partial charge in [-0.1, -0.05) is 27.5 Å². The molecule has 0 spiro atoms. The molecule has 1 aromatic rings. The Bertz CT molecular complexity index is 294. The minimum Gasteiger partial charge on any atom is -0.330 e. The Balaban J connectivity index is 0.00000169. The molecule has 0 fully saturated rings. The van der Waals surface area contributed by atoms with Gasteiger partial charge in [-0.2, -0.15) is 0 Å². The van der Waals surface area contributed by atoms with Crippen LogP contribution in [0.25, 0.3) is 0 Å². The van der Waals surface area contributed by atoms with Crippen molar-refractivity contribution < 1.29 is 0 Å². The number of rotatable bonds is 3. The smallest absolute Gasteiger partial charge is 0.0454 e. The molecule has 0 amide bonds. The number of hydrogen-bond donors (Lipinski definition) is 2. The molecule has 0 aliphatic heterocycles. The number of hydrogen-bond acceptors (Lipinski definition) is 2. The van der Waals surface area contributed by atoms with Crippen LogP contribution < -0.4 is 11.5 Å². The maximum Gasteiger partial charge on any atom is 0.0454 e. The van der Waals surface area contributed by atoms with Crippen molar-refractivity contribution >= 4 is 39.9 Å². The summed E-state index contributed by atoms with van der Waals surface area (Å²) >= 11 is 9.36. The number of nitrogens with two attached hydrogens (primary N) is 2. The molecule has 2 nitrogen and oxygen atoms in total. The maximum atomic E-state index is 5.99. The van der Waals surface area contributed by atoms with Crippen molar-refractivity contribution in [3.8, 4) is 0 Å². The first kappa shape index (κ1) is 14.2. The summed E-state index contributed by atoms with van der Waals surface area (Å²) in [6, 6.07) is 5.58. The molecule has 0 saturated heterocycles. The highest BCUT2D eigenvalue weighted by Crippen LogP contribution is 2.26. The molecule has 0 unspecified atom stereocenters. The summed E-state index contributed by atoms with van der Waals surface area (Å²) in [5, 5.41) is 0.698. The van der Waals surface area contributed by atoms with Crippen molar-refractivity contribution in [1.29, 1.82) is 0 Å². The van der Waals surface area contributed by atoms with E-state index in [1.165, 1.54) is 0 Å². The maximum absolute atomic E-state index is 5.99. The van der Waals surface area contributed by atoms with Crippen LogP contribution in [-0.2, 0) is 0 Å². The highest BCUT2D eigenvalue weighted by molar-refractivity contribution is 9.10. The van der Waals surface area contributed by atoms with Gasteiger partial charge in [-0.15, -0.1) is 12.4 Å². The summed E-state index contributed by atoms with van der Waals surface area (Å²) in [5.41, 5.74) is 12.3. The molecule has 4 N–H and O–H groups in total. The standard InChI is InChI=1S/C9H12BrClN2.ClH/c10-6-1-2-8(11)7(5-6)9(13)3-4-12;/h1-2,5,9H,3-4,12-13H2;1H/t9-;/m0./s1. The van der Waals surface area contributed by atoms with Gasteiger partial charge in [0.25, 0.3) is 0 Å². The zero-order valence-corrected chi connectivity index (χ0v) is 10.7. The van der Waals surface area contributed by atoms with Crippen LogP contribution in [0.15, 0.2) is 22.7 Å².